The number of rotatable bonds is 5. The van der Waals surface area contributed by atoms with Crippen LogP contribution in [0.4, 0.5) is 11.6 Å². The molecule has 26 heavy (non-hydrogen) atoms. The average Bonchev–Trinajstić information content (AvgIpc) is 2.92. The van der Waals surface area contributed by atoms with Crippen molar-refractivity contribution in [3.8, 4) is 11.3 Å². The number of benzene rings is 1. The van der Waals surface area contributed by atoms with Crippen LogP contribution in [0.15, 0.2) is 36.5 Å². The minimum Gasteiger partial charge on any atom is -0.461 e. The fourth-order valence-electron chi connectivity index (χ4n) is 2.76. The lowest BCUT2D eigenvalue weighted by Crippen LogP contribution is -2.06. The molecule has 0 atom stereocenters. The molecule has 0 saturated heterocycles. The number of nitrogens with zero attached hydrogens (tertiary/aromatic N) is 2. The maximum Gasteiger partial charge on any atom is 0.355 e. The molecule has 2 N–H and O–H groups in total. The maximum atomic E-state index is 12.1. The Balaban J connectivity index is 1.93. The van der Waals surface area contributed by atoms with Crippen molar-refractivity contribution in [2.75, 3.05) is 11.9 Å². The zero-order valence-corrected chi connectivity index (χ0v) is 15.5. The Hall–Kier alpha value is -2.86. The normalized spacial score (nSPS) is 10.6. The molecule has 0 bridgehead atoms. The van der Waals surface area contributed by atoms with Gasteiger partial charge in [0.1, 0.15) is 5.69 Å². The summed E-state index contributed by atoms with van der Waals surface area (Å²) in [4.78, 5) is 24.0. The van der Waals surface area contributed by atoms with E-state index in [9.17, 15) is 4.79 Å². The van der Waals surface area contributed by atoms with E-state index in [-0.39, 0.29) is 5.97 Å². The molecule has 0 spiro atoms. The molecule has 0 aliphatic carbocycles. The SMILES string of the molecule is CCOC(=O)c1[nH]c(C)c(-c2ccnc(Nc3ccc(Cl)cc3)n2)c1C. The highest BCUT2D eigenvalue weighted by molar-refractivity contribution is 6.30. The fourth-order valence-corrected chi connectivity index (χ4v) is 2.89. The lowest BCUT2D eigenvalue weighted by molar-refractivity contribution is 0.0519. The van der Waals surface area contributed by atoms with Gasteiger partial charge in [0.15, 0.2) is 0 Å². The largest absolute Gasteiger partial charge is 0.461 e. The van der Waals surface area contributed by atoms with Crippen molar-refractivity contribution in [3.05, 3.63) is 58.5 Å². The van der Waals surface area contributed by atoms with Gasteiger partial charge in [0.25, 0.3) is 0 Å². The maximum absolute atomic E-state index is 12.1. The van der Waals surface area contributed by atoms with Gasteiger partial charge in [-0.15, -0.1) is 0 Å². The van der Waals surface area contributed by atoms with Crippen molar-refractivity contribution in [1.29, 1.82) is 0 Å². The molecule has 2 aromatic heterocycles. The molecule has 6 nitrogen and oxygen atoms in total. The highest BCUT2D eigenvalue weighted by Gasteiger charge is 2.20. The van der Waals surface area contributed by atoms with Gasteiger partial charge in [0.2, 0.25) is 5.95 Å². The number of esters is 1. The summed E-state index contributed by atoms with van der Waals surface area (Å²) in [5.41, 5.74) is 4.53. The number of hydrogen-bond acceptors (Lipinski definition) is 5. The van der Waals surface area contributed by atoms with Crippen molar-refractivity contribution in [1.82, 2.24) is 15.0 Å². The highest BCUT2D eigenvalue weighted by atomic mass is 35.5. The Kier molecular flexibility index (Phi) is 5.23. The predicted octanol–water partition coefficient (Wildman–Crippen LogP) is 4.66. The summed E-state index contributed by atoms with van der Waals surface area (Å²) in [6.45, 7) is 5.89. The minimum absolute atomic E-state index is 0.328. The van der Waals surface area contributed by atoms with Gasteiger partial charge in [-0.2, -0.15) is 0 Å². The van der Waals surface area contributed by atoms with E-state index in [1.165, 1.54) is 0 Å². The van der Waals surface area contributed by atoms with Crippen LogP contribution in [0.25, 0.3) is 11.3 Å². The van der Waals surface area contributed by atoms with Crippen LogP contribution in [-0.4, -0.2) is 27.5 Å². The number of aryl methyl sites for hydroxylation is 1. The third kappa shape index (κ3) is 3.70. The summed E-state index contributed by atoms with van der Waals surface area (Å²) < 4.78 is 5.10. The minimum atomic E-state index is -0.368. The highest BCUT2D eigenvalue weighted by Crippen LogP contribution is 2.29. The van der Waals surface area contributed by atoms with E-state index in [0.717, 1.165) is 28.2 Å². The topological polar surface area (TPSA) is 79.9 Å². The van der Waals surface area contributed by atoms with Gasteiger partial charge in [0, 0.05) is 28.2 Å². The smallest absolute Gasteiger partial charge is 0.355 e. The van der Waals surface area contributed by atoms with E-state index in [1.807, 2.05) is 32.0 Å². The molecular weight excluding hydrogens is 352 g/mol. The van der Waals surface area contributed by atoms with Crippen LogP contribution in [0.2, 0.25) is 5.02 Å². The van der Waals surface area contributed by atoms with Gasteiger partial charge >= 0.3 is 5.97 Å². The number of H-pyrrole nitrogens is 1. The first kappa shape index (κ1) is 17.9. The van der Waals surface area contributed by atoms with E-state index >= 15 is 0 Å². The molecule has 0 radical (unpaired) electrons. The van der Waals surface area contributed by atoms with E-state index < -0.39 is 0 Å². The molecule has 7 heteroatoms. The molecule has 0 aliphatic rings. The van der Waals surface area contributed by atoms with Crippen molar-refractivity contribution < 1.29 is 9.53 Å². The summed E-state index contributed by atoms with van der Waals surface area (Å²) >= 11 is 5.90. The molecule has 0 fully saturated rings. The second kappa shape index (κ2) is 7.58. The van der Waals surface area contributed by atoms with Crippen LogP contribution in [0, 0.1) is 13.8 Å². The Morgan fingerprint density at radius 3 is 2.65 bits per heavy atom. The molecule has 134 valence electrons. The first-order valence-corrected chi connectivity index (χ1v) is 8.59. The lowest BCUT2D eigenvalue weighted by Gasteiger charge is -2.07. The zero-order chi connectivity index (χ0) is 18.7. The Morgan fingerprint density at radius 1 is 1.23 bits per heavy atom. The van der Waals surface area contributed by atoms with Gasteiger partial charge in [-0.1, -0.05) is 11.6 Å². The number of aromatic amines is 1. The molecular formula is C19H19ClN4O2. The molecule has 0 unspecified atom stereocenters. The number of hydrogen-bond donors (Lipinski definition) is 2. The fraction of sp³-hybridized carbons (Fsp3) is 0.211. The number of nitrogens with one attached hydrogen (secondary N) is 2. The average molecular weight is 371 g/mol. The van der Waals surface area contributed by atoms with Gasteiger partial charge in [0.05, 0.1) is 12.3 Å². The quantitative estimate of drug-likeness (QED) is 0.638. The Morgan fingerprint density at radius 2 is 1.96 bits per heavy atom. The van der Waals surface area contributed by atoms with Crippen LogP contribution in [0.3, 0.4) is 0 Å². The summed E-state index contributed by atoms with van der Waals surface area (Å²) in [6.07, 6.45) is 1.68. The summed E-state index contributed by atoms with van der Waals surface area (Å²) in [7, 11) is 0. The lowest BCUT2D eigenvalue weighted by atomic mass is 10.1. The number of carbonyl (C=O) groups is 1. The van der Waals surface area contributed by atoms with Gasteiger partial charge in [-0.25, -0.2) is 14.8 Å². The first-order chi connectivity index (χ1) is 12.5. The Bertz CT molecular complexity index is 935. The summed E-state index contributed by atoms with van der Waals surface area (Å²) in [5.74, 6) is 0.0930. The third-order valence-corrected chi connectivity index (χ3v) is 4.18. The molecule has 3 rings (SSSR count). The standard InChI is InChI=1S/C19H19ClN4O2/c1-4-26-18(25)17-11(2)16(12(3)22-17)15-9-10-21-19(24-15)23-14-7-5-13(20)6-8-14/h5-10,22H,4H2,1-3H3,(H,21,23,24). The van der Waals surface area contributed by atoms with Crippen LogP contribution >= 0.6 is 11.6 Å². The number of carbonyl (C=O) groups excluding carboxylic acids is 1. The van der Waals surface area contributed by atoms with Crippen molar-refractivity contribution in [3.63, 3.8) is 0 Å². The number of aromatic nitrogens is 3. The van der Waals surface area contributed by atoms with Crippen molar-refractivity contribution in [2.45, 2.75) is 20.8 Å². The monoisotopic (exact) mass is 370 g/mol. The zero-order valence-electron chi connectivity index (χ0n) is 14.8. The van der Waals surface area contributed by atoms with Crippen LogP contribution in [0.5, 0.6) is 0 Å². The molecule has 0 aliphatic heterocycles. The van der Waals surface area contributed by atoms with Crippen LogP contribution < -0.4 is 5.32 Å². The number of halogens is 1. The summed E-state index contributed by atoms with van der Waals surface area (Å²) in [5, 5.41) is 3.81. The number of ether oxygens (including phenoxy) is 1. The molecule has 2 heterocycles. The second-order valence-corrected chi connectivity index (χ2v) is 6.18. The van der Waals surface area contributed by atoms with Gasteiger partial charge in [-0.3, -0.25) is 0 Å². The van der Waals surface area contributed by atoms with Gasteiger partial charge < -0.3 is 15.0 Å². The predicted molar refractivity (Wildman–Crippen MR) is 102 cm³/mol. The van der Waals surface area contributed by atoms with Gasteiger partial charge in [-0.05, 0) is 56.7 Å². The summed E-state index contributed by atoms with van der Waals surface area (Å²) in [6, 6.07) is 9.10. The molecule has 3 aromatic rings. The Labute approximate surface area is 156 Å². The van der Waals surface area contributed by atoms with Crippen LogP contribution in [0.1, 0.15) is 28.7 Å². The molecule has 0 saturated carbocycles. The van der Waals surface area contributed by atoms with Crippen LogP contribution in [-0.2, 0) is 4.74 Å². The van der Waals surface area contributed by atoms with E-state index in [2.05, 4.69) is 20.3 Å². The molecule has 1 aromatic carbocycles. The van der Waals surface area contributed by atoms with E-state index in [1.54, 1.807) is 25.3 Å². The van der Waals surface area contributed by atoms with Crippen molar-refractivity contribution >= 4 is 29.2 Å². The number of anilines is 2. The first-order valence-electron chi connectivity index (χ1n) is 8.22. The van der Waals surface area contributed by atoms with E-state index in [0.29, 0.717) is 23.3 Å². The second-order valence-electron chi connectivity index (χ2n) is 5.74. The molecule has 0 amide bonds. The van der Waals surface area contributed by atoms with Crippen molar-refractivity contribution in [2.24, 2.45) is 0 Å². The van der Waals surface area contributed by atoms with E-state index in [4.69, 9.17) is 16.3 Å². The third-order valence-electron chi connectivity index (χ3n) is 3.93.